The molecule has 7 heteroatoms. The zero-order valence-electron chi connectivity index (χ0n) is 14.8. The largest absolute Gasteiger partial charge is 0.497 e. The van der Waals surface area contributed by atoms with Crippen LogP contribution in [0, 0.1) is 5.82 Å². The summed E-state index contributed by atoms with van der Waals surface area (Å²) in [4.78, 5) is 20.5. The summed E-state index contributed by atoms with van der Waals surface area (Å²) in [7, 11) is 1.56. The minimum atomic E-state index is -0.341. The Labute approximate surface area is 156 Å². The fourth-order valence-corrected chi connectivity index (χ4v) is 2.46. The second-order valence-corrected chi connectivity index (χ2v) is 5.78. The Balaban J connectivity index is 1.58. The van der Waals surface area contributed by atoms with Crippen LogP contribution in [0.3, 0.4) is 0 Å². The maximum absolute atomic E-state index is 12.9. The summed E-state index contributed by atoms with van der Waals surface area (Å²) in [5.74, 6) is 0.600. The number of hydrogen-bond acceptors (Lipinski definition) is 5. The number of anilines is 2. The second kappa shape index (κ2) is 8.75. The van der Waals surface area contributed by atoms with Crippen LogP contribution in [0.15, 0.2) is 60.9 Å². The van der Waals surface area contributed by atoms with Gasteiger partial charge in [0.05, 0.1) is 7.11 Å². The molecule has 0 aliphatic carbocycles. The van der Waals surface area contributed by atoms with Crippen molar-refractivity contribution in [1.29, 1.82) is 0 Å². The van der Waals surface area contributed by atoms with Gasteiger partial charge in [-0.2, -0.15) is 0 Å². The Hall–Kier alpha value is -3.48. The Morgan fingerprint density at radius 3 is 2.70 bits per heavy atom. The van der Waals surface area contributed by atoms with Crippen LogP contribution in [0.2, 0.25) is 0 Å². The standard InChI is InChI=1S/C20H19FN4O2/c1-27-17-4-2-3-16(11-17)25-20(26)18-12-19(24-13-23-18)22-10-9-14-5-7-15(21)8-6-14/h2-8,11-13H,9-10H2,1H3,(H,25,26)(H,22,23,24). The van der Waals surface area contributed by atoms with Crippen molar-refractivity contribution < 1.29 is 13.9 Å². The minimum Gasteiger partial charge on any atom is -0.497 e. The summed E-state index contributed by atoms with van der Waals surface area (Å²) in [6, 6.07) is 15.0. The fourth-order valence-electron chi connectivity index (χ4n) is 2.46. The zero-order valence-corrected chi connectivity index (χ0v) is 14.8. The highest BCUT2D eigenvalue weighted by Gasteiger charge is 2.09. The molecule has 1 aromatic heterocycles. The van der Waals surface area contributed by atoms with Crippen molar-refractivity contribution in [3.05, 3.63) is 78.0 Å². The number of amides is 1. The normalized spacial score (nSPS) is 10.3. The van der Waals surface area contributed by atoms with Crippen molar-refractivity contribution in [2.24, 2.45) is 0 Å². The van der Waals surface area contributed by atoms with Crippen LogP contribution < -0.4 is 15.4 Å². The molecule has 0 bridgehead atoms. The lowest BCUT2D eigenvalue weighted by atomic mass is 10.1. The van der Waals surface area contributed by atoms with E-state index >= 15 is 0 Å². The smallest absolute Gasteiger partial charge is 0.274 e. The summed E-state index contributed by atoms with van der Waals surface area (Å²) in [5.41, 5.74) is 1.87. The molecule has 138 valence electrons. The molecule has 0 aliphatic rings. The van der Waals surface area contributed by atoms with Crippen LogP contribution in [-0.4, -0.2) is 29.5 Å². The van der Waals surface area contributed by atoms with Crippen LogP contribution in [0.25, 0.3) is 0 Å². The van der Waals surface area contributed by atoms with Gasteiger partial charge in [0.2, 0.25) is 0 Å². The number of carbonyl (C=O) groups is 1. The fraction of sp³-hybridized carbons (Fsp3) is 0.150. The number of rotatable bonds is 7. The van der Waals surface area contributed by atoms with E-state index < -0.39 is 0 Å². The number of methoxy groups -OCH3 is 1. The number of nitrogens with one attached hydrogen (secondary N) is 2. The van der Waals surface area contributed by atoms with Crippen LogP contribution in [0.5, 0.6) is 5.75 Å². The van der Waals surface area contributed by atoms with E-state index in [1.54, 1.807) is 49.6 Å². The van der Waals surface area contributed by atoms with Crippen molar-refractivity contribution in [3.8, 4) is 5.75 Å². The van der Waals surface area contributed by atoms with Gasteiger partial charge in [0, 0.05) is 24.4 Å². The van der Waals surface area contributed by atoms with Crippen molar-refractivity contribution in [2.45, 2.75) is 6.42 Å². The van der Waals surface area contributed by atoms with Gasteiger partial charge < -0.3 is 15.4 Å². The molecule has 0 fully saturated rings. The third-order valence-electron chi connectivity index (χ3n) is 3.86. The van der Waals surface area contributed by atoms with E-state index in [1.807, 2.05) is 0 Å². The van der Waals surface area contributed by atoms with E-state index in [4.69, 9.17) is 4.74 Å². The number of aromatic nitrogens is 2. The van der Waals surface area contributed by atoms with E-state index in [1.165, 1.54) is 18.5 Å². The second-order valence-electron chi connectivity index (χ2n) is 5.78. The third kappa shape index (κ3) is 5.24. The molecular formula is C20H19FN4O2. The average molecular weight is 366 g/mol. The number of hydrogen-bond donors (Lipinski definition) is 2. The van der Waals surface area contributed by atoms with E-state index in [2.05, 4.69) is 20.6 Å². The van der Waals surface area contributed by atoms with Gasteiger partial charge in [-0.25, -0.2) is 14.4 Å². The van der Waals surface area contributed by atoms with Gasteiger partial charge >= 0.3 is 0 Å². The molecule has 0 aliphatic heterocycles. The third-order valence-corrected chi connectivity index (χ3v) is 3.86. The van der Waals surface area contributed by atoms with Gasteiger partial charge in [-0.15, -0.1) is 0 Å². The molecule has 3 aromatic rings. The first-order chi connectivity index (χ1) is 13.1. The van der Waals surface area contributed by atoms with Gasteiger partial charge in [-0.1, -0.05) is 18.2 Å². The summed E-state index contributed by atoms with van der Waals surface area (Å²) in [5, 5.41) is 5.92. The Kier molecular flexibility index (Phi) is 5.94. The van der Waals surface area contributed by atoms with Crippen molar-refractivity contribution >= 4 is 17.4 Å². The van der Waals surface area contributed by atoms with Crippen LogP contribution in [-0.2, 0) is 6.42 Å². The molecule has 6 nitrogen and oxygen atoms in total. The monoisotopic (exact) mass is 366 g/mol. The molecule has 0 saturated carbocycles. The molecular weight excluding hydrogens is 347 g/mol. The Bertz CT molecular complexity index is 916. The summed E-state index contributed by atoms with van der Waals surface area (Å²) >= 11 is 0. The van der Waals surface area contributed by atoms with Gasteiger partial charge in [-0.3, -0.25) is 4.79 Å². The molecule has 2 aromatic carbocycles. The molecule has 2 N–H and O–H groups in total. The minimum absolute atomic E-state index is 0.247. The Morgan fingerprint density at radius 2 is 1.93 bits per heavy atom. The SMILES string of the molecule is COc1cccc(NC(=O)c2cc(NCCc3ccc(F)cc3)ncn2)c1. The molecule has 0 radical (unpaired) electrons. The lowest BCUT2D eigenvalue weighted by Gasteiger charge is -2.08. The number of halogens is 1. The Morgan fingerprint density at radius 1 is 1.11 bits per heavy atom. The lowest BCUT2D eigenvalue weighted by molar-refractivity contribution is 0.102. The summed E-state index contributed by atoms with van der Waals surface area (Å²) in [6.07, 6.45) is 2.04. The number of ether oxygens (including phenoxy) is 1. The quantitative estimate of drug-likeness (QED) is 0.669. The van der Waals surface area contributed by atoms with Crippen LogP contribution in [0.4, 0.5) is 15.9 Å². The predicted molar refractivity (Wildman–Crippen MR) is 102 cm³/mol. The van der Waals surface area contributed by atoms with E-state index in [9.17, 15) is 9.18 Å². The molecule has 1 heterocycles. The summed E-state index contributed by atoms with van der Waals surface area (Å²) in [6.45, 7) is 0.597. The van der Waals surface area contributed by atoms with E-state index in [-0.39, 0.29) is 17.4 Å². The molecule has 1 amide bonds. The van der Waals surface area contributed by atoms with Gasteiger partial charge in [0.1, 0.15) is 29.4 Å². The average Bonchev–Trinajstić information content (AvgIpc) is 2.70. The molecule has 3 rings (SSSR count). The van der Waals surface area contributed by atoms with E-state index in [0.717, 1.165) is 5.56 Å². The van der Waals surface area contributed by atoms with Gasteiger partial charge in [0.25, 0.3) is 5.91 Å². The van der Waals surface area contributed by atoms with E-state index in [0.29, 0.717) is 30.2 Å². The molecule has 27 heavy (non-hydrogen) atoms. The number of carbonyl (C=O) groups excluding carboxylic acids is 1. The highest BCUT2D eigenvalue weighted by atomic mass is 19.1. The number of benzene rings is 2. The topological polar surface area (TPSA) is 76.1 Å². The molecule has 0 unspecified atom stereocenters. The highest BCUT2D eigenvalue weighted by molar-refractivity contribution is 6.03. The predicted octanol–water partition coefficient (Wildman–Crippen LogP) is 3.53. The van der Waals surface area contributed by atoms with Gasteiger partial charge in [-0.05, 0) is 36.2 Å². The molecule has 0 atom stereocenters. The zero-order chi connectivity index (χ0) is 19.1. The van der Waals surface area contributed by atoms with Crippen LogP contribution in [0.1, 0.15) is 16.1 Å². The van der Waals surface area contributed by atoms with Crippen molar-refractivity contribution in [2.75, 3.05) is 24.3 Å². The first-order valence-electron chi connectivity index (χ1n) is 8.40. The molecule has 0 saturated heterocycles. The lowest BCUT2D eigenvalue weighted by Crippen LogP contribution is -2.15. The van der Waals surface area contributed by atoms with Crippen molar-refractivity contribution in [3.63, 3.8) is 0 Å². The first kappa shape index (κ1) is 18.3. The van der Waals surface area contributed by atoms with Gasteiger partial charge in [0.15, 0.2) is 0 Å². The maximum atomic E-state index is 12.9. The van der Waals surface area contributed by atoms with Crippen LogP contribution >= 0.6 is 0 Å². The highest BCUT2D eigenvalue weighted by Crippen LogP contribution is 2.17. The molecule has 0 spiro atoms. The number of nitrogens with zero attached hydrogens (tertiary/aromatic N) is 2. The van der Waals surface area contributed by atoms with Crippen molar-refractivity contribution in [1.82, 2.24) is 9.97 Å². The maximum Gasteiger partial charge on any atom is 0.274 e. The first-order valence-corrected chi connectivity index (χ1v) is 8.40. The summed E-state index contributed by atoms with van der Waals surface area (Å²) < 4.78 is 18.1.